The first-order valence-electron chi connectivity index (χ1n) is 4.86. The van der Waals surface area contributed by atoms with Gasteiger partial charge in [0, 0.05) is 5.02 Å². The Hall–Kier alpha value is -0.705. The van der Waals surface area contributed by atoms with Gasteiger partial charge in [-0.25, -0.2) is 0 Å². The lowest BCUT2D eigenvalue weighted by Gasteiger charge is -2.15. The molecule has 3 nitrogen and oxygen atoms in total. The highest BCUT2D eigenvalue weighted by Crippen LogP contribution is 2.31. The van der Waals surface area contributed by atoms with Crippen LogP contribution in [0.15, 0.2) is 18.2 Å². The molecule has 0 fully saturated rings. The van der Waals surface area contributed by atoms with E-state index >= 15 is 0 Å². The third-order valence-corrected chi connectivity index (χ3v) is 2.58. The molecule has 0 heterocycles. The molecular formula is C10H14BClO3. The van der Waals surface area contributed by atoms with Crippen LogP contribution in [0.25, 0.3) is 0 Å². The van der Waals surface area contributed by atoms with E-state index in [1.807, 2.05) is 13.8 Å². The van der Waals surface area contributed by atoms with E-state index in [4.69, 9.17) is 26.3 Å². The zero-order chi connectivity index (χ0) is 11.4. The first kappa shape index (κ1) is 12.4. The molecule has 1 rings (SSSR count). The molecule has 0 aliphatic rings. The fraction of sp³-hybridized carbons (Fsp3) is 0.400. The van der Waals surface area contributed by atoms with Crippen molar-refractivity contribution >= 4 is 18.9 Å². The van der Waals surface area contributed by atoms with E-state index in [2.05, 4.69) is 0 Å². The summed E-state index contributed by atoms with van der Waals surface area (Å²) in [5.41, 5.74) is 0.887. The first-order chi connectivity index (χ1) is 7.04. The van der Waals surface area contributed by atoms with Gasteiger partial charge in [-0.2, -0.15) is 0 Å². The number of halogens is 1. The Morgan fingerprint density at radius 3 is 2.67 bits per heavy atom. The van der Waals surface area contributed by atoms with Gasteiger partial charge >= 0.3 is 7.32 Å². The Labute approximate surface area is 94.8 Å². The van der Waals surface area contributed by atoms with E-state index in [1.165, 1.54) is 0 Å². The molecule has 1 atom stereocenters. The molecule has 1 aromatic rings. The molecule has 0 spiro atoms. The van der Waals surface area contributed by atoms with Gasteiger partial charge in [0.15, 0.2) is 0 Å². The van der Waals surface area contributed by atoms with E-state index in [1.54, 1.807) is 18.2 Å². The zero-order valence-electron chi connectivity index (χ0n) is 8.77. The summed E-state index contributed by atoms with van der Waals surface area (Å²) in [7, 11) is -1.80. The predicted molar refractivity (Wildman–Crippen MR) is 61.0 cm³/mol. The van der Waals surface area contributed by atoms with E-state index in [9.17, 15) is 0 Å². The molecule has 5 heteroatoms. The second-order valence-electron chi connectivity index (χ2n) is 3.44. The van der Waals surface area contributed by atoms with Crippen molar-refractivity contribution in [2.24, 2.45) is 0 Å². The third kappa shape index (κ3) is 3.41. The van der Waals surface area contributed by atoms with Gasteiger partial charge in [0.1, 0.15) is 5.75 Å². The summed E-state index contributed by atoms with van der Waals surface area (Å²) in [5.74, 6) is 0.723. The van der Waals surface area contributed by atoms with Gasteiger partial charge in [0.2, 0.25) is 0 Å². The monoisotopic (exact) mass is 228 g/mol. The average molecular weight is 228 g/mol. The summed E-state index contributed by atoms with van der Waals surface area (Å²) in [6.07, 6.45) is 0.929. The molecule has 0 radical (unpaired) electrons. The molecule has 0 saturated carbocycles. The molecule has 1 aromatic carbocycles. The Morgan fingerprint density at radius 2 is 2.13 bits per heavy atom. The summed E-state index contributed by atoms with van der Waals surface area (Å²) in [5, 5.41) is 18.1. The maximum absolute atomic E-state index is 8.75. The molecule has 0 amide bonds. The highest BCUT2D eigenvalue weighted by Gasteiger charge is 2.17. The summed E-state index contributed by atoms with van der Waals surface area (Å²) >= 11 is 5.87. The van der Waals surface area contributed by atoms with Crippen LogP contribution in [0.1, 0.15) is 31.7 Å². The van der Waals surface area contributed by atoms with Crippen molar-refractivity contribution in [3.63, 3.8) is 0 Å². The number of hydrogen-bond acceptors (Lipinski definition) is 3. The third-order valence-electron chi connectivity index (χ3n) is 2.35. The van der Waals surface area contributed by atoms with E-state index in [0.717, 1.165) is 12.0 Å². The van der Waals surface area contributed by atoms with Crippen LogP contribution in [0.4, 0.5) is 0 Å². The van der Waals surface area contributed by atoms with Gasteiger partial charge in [-0.15, -0.1) is 0 Å². The number of rotatable bonds is 4. The van der Waals surface area contributed by atoms with Crippen LogP contribution in [0.2, 0.25) is 5.02 Å². The standard InChI is InChI=1S/C10H14BClO3/c1-3-7(2)9-6-8(12)4-5-10(9)15-11(13)14/h4-7,13-14H,3H2,1-2H3. The molecule has 0 bridgehead atoms. The largest absolute Gasteiger partial charge is 0.707 e. The molecule has 2 N–H and O–H groups in total. The Bertz CT molecular complexity index is 330. The van der Waals surface area contributed by atoms with Crippen LogP contribution in [0.5, 0.6) is 5.75 Å². The number of benzene rings is 1. The summed E-state index contributed by atoms with van der Waals surface area (Å²) < 4.78 is 4.88. The van der Waals surface area contributed by atoms with Gasteiger partial charge in [0.05, 0.1) is 0 Å². The topological polar surface area (TPSA) is 49.7 Å². The summed E-state index contributed by atoms with van der Waals surface area (Å²) in [6, 6.07) is 5.09. The average Bonchev–Trinajstić information content (AvgIpc) is 2.19. The van der Waals surface area contributed by atoms with E-state index in [0.29, 0.717) is 10.8 Å². The van der Waals surface area contributed by atoms with Crippen LogP contribution in [-0.2, 0) is 0 Å². The number of hydrogen-bond donors (Lipinski definition) is 2. The highest BCUT2D eigenvalue weighted by atomic mass is 35.5. The Morgan fingerprint density at radius 1 is 1.47 bits per heavy atom. The van der Waals surface area contributed by atoms with Crippen LogP contribution < -0.4 is 4.65 Å². The van der Waals surface area contributed by atoms with Crippen molar-refractivity contribution in [1.29, 1.82) is 0 Å². The van der Waals surface area contributed by atoms with Crippen molar-refractivity contribution in [2.75, 3.05) is 0 Å². The Kier molecular flexibility index (Phi) is 4.45. The molecule has 15 heavy (non-hydrogen) atoms. The molecular weight excluding hydrogens is 214 g/mol. The van der Waals surface area contributed by atoms with E-state index < -0.39 is 7.32 Å². The lowest BCUT2D eigenvalue weighted by Crippen LogP contribution is -2.21. The fourth-order valence-electron chi connectivity index (χ4n) is 1.35. The van der Waals surface area contributed by atoms with Crippen molar-refractivity contribution in [3.05, 3.63) is 28.8 Å². The molecule has 0 aliphatic carbocycles. The molecule has 1 unspecified atom stereocenters. The van der Waals surface area contributed by atoms with Crippen molar-refractivity contribution in [3.8, 4) is 5.75 Å². The smallest absolute Gasteiger partial charge is 0.512 e. The van der Waals surface area contributed by atoms with E-state index in [-0.39, 0.29) is 5.92 Å². The van der Waals surface area contributed by atoms with Crippen molar-refractivity contribution in [2.45, 2.75) is 26.2 Å². The summed E-state index contributed by atoms with van der Waals surface area (Å²) in [6.45, 7) is 4.08. The summed E-state index contributed by atoms with van der Waals surface area (Å²) in [4.78, 5) is 0. The normalized spacial score (nSPS) is 12.3. The van der Waals surface area contributed by atoms with Crippen molar-refractivity contribution in [1.82, 2.24) is 0 Å². The lowest BCUT2D eigenvalue weighted by molar-refractivity contribution is 0.286. The fourth-order valence-corrected chi connectivity index (χ4v) is 1.53. The second-order valence-corrected chi connectivity index (χ2v) is 3.87. The second kappa shape index (κ2) is 5.40. The van der Waals surface area contributed by atoms with Crippen LogP contribution in [0.3, 0.4) is 0 Å². The van der Waals surface area contributed by atoms with Gasteiger partial charge in [-0.1, -0.05) is 25.4 Å². The van der Waals surface area contributed by atoms with Gasteiger partial charge in [-0.05, 0) is 36.1 Å². The molecule has 82 valence electrons. The highest BCUT2D eigenvalue weighted by molar-refractivity contribution is 6.34. The molecule has 0 saturated heterocycles. The van der Waals surface area contributed by atoms with Gasteiger partial charge in [0.25, 0.3) is 0 Å². The quantitative estimate of drug-likeness (QED) is 0.777. The Balaban J connectivity index is 3.02. The van der Waals surface area contributed by atoms with Crippen LogP contribution >= 0.6 is 11.6 Å². The van der Waals surface area contributed by atoms with Gasteiger partial charge < -0.3 is 14.7 Å². The molecule has 0 aromatic heterocycles. The van der Waals surface area contributed by atoms with Crippen LogP contribution in [-0.4, -0.2) is 17.4 Å². The lowest BCUT2D eigenvalue weighted by atomic mass is 9.97. The first-order valence-corrected chi connectivity index (χ1v) is 5.24. The zero-order valence-corrected chi connectivity index (χ0v) is 9.53. The van der Waals surface area contributed by atoms with Crippen LogP contribution in [0, 0.1) is 0 Å². The minimum atomic E-state index is -1.80. The van der Waals surface area contributed by atoms with Gasteiger partial charge in [-0.3, -0.25) is 0 Å². The minimum absolute atomic E-state index is 0.262. The SMILES string of the molecule is CCC(C)c1cc(Cl)ccc1OB(O)O. The predicted octanol–water partition coefficient (Wildman–Crippen LogP) is 2.20. The minimum Gasteiger partial charge on any atom is -0.512 e. The maximum Gasteiger partial charge on any atom is 0.707 e. The molecule has 0 aliphatic heterocycles. The van der Waals surface area contributed by atoms with Crippen molar-refractivity contribution < 1.29 is 14.7 Å². The maximum atomic E-state index is 8.75.